The summed E-state index contributed by atoms with van der Waals surface area (Å²) in [6, 6.07) is 7.18. The number of hydrogen-bond acceptors (Lipinski definition) is 2. The maximum absolute atomic E-state index is 12.1. The van der Waals surface area contributed by atoms with Crippen LogP contribution in [0.25, 0.3) is 0 Å². The molecule has 1 heterocycles. The highest BCUT2D eigenvalue weighted by atomic mass is 35.5. The van der Waals surface area contributed by atoms with Crippen molar-refractivity contribution in [3.05, 3.63) is 34.9 Å². The van der Waals surface area contributed by atoms with Gasteiger partial charge in [0.1, 0.15) is 0 Å². The van der Waals surface area contributed by atoms with E-state index in [1.165, 1.54) is 0 Å². The number of carbonyl (C=O) groups excluding carboxylic acids is 1. The van der Waals surface area contributed by atoms with E-state index in [0.717, 1.165) is 5.56 Å². The number of benzene rings is 1. The number of nitrogens with zero attached hydrogens (tertiary/aromatic N) is 1. The number of aliphatic carboxylic acids is 1. The zero-order valence-electron chi connectivity index (χ0n) is 11.5. The molecule has 1 aliphatic heterocycles. The van der Waals surface area contributed by atoms with E-state index in [1.807, 2.05) is 26.0 Å². The van der Waals surface area contributed by atoms with Gasteiger partial charge in [0, 0.05) is 29.9 Å². The lowest BCUT2D eigenvalue weighted by Crippen LogP contribution is -2.33. The van der Waals surface area contributed by atoms with E-state index < -0.39 is 11.9 Å². The van der Waals surface area contributed by atoms with Gasteiger partial charge in [-0.05, 0) is 17.7 Å². The number of likely N-dealkylation sites (tertiary alicyclic amines) is 1. The van der Waals surface area contributed by atoms with Crippen molar-refractivity contribution in [2.45, 2.75) is 19.8 Å². The number of carbonyl (C=O) groups is 2. The Labute approximate surface area is 123 Å². The minimum Gasteiger partial charge on any atom is -0.481 e. The molecule has 5 heteroatoms. The molecule has 0 aromatic heterocycles. The molecule has 1 aromatic carbocycles. The minimum atomic E-state index is -0.857. The SMILES string of the molecule is CC(C)C(=O)N1C[C@@H](C(=O)O)[C@H](c2ccc(Cl)cc2)C1. The predicted octanol–water partition coefficient (Wildman–Crippen LogP) is 2.62. The van der Waals surface area contributed by atoms with Gasteiger partial charge in [-0.1, -0.05) is 37.6 Å². The molecule has 1 saturated heterocycles. The van der Waals surface area contributed by atoms with Crippen molar-refractivity contribution < 1.29 is 14.7 Å². The first-order valence-corrected chi connectivity index (χ1v) is 7.05. The molecule has 0 unspecified atom stereocenters. The van der Waals surface area contributed by atoms with Crippen LogP contribution in [0.1, 0.15) is 25.3 Å². The van der Waals surface area contributed by atoms with Gasteiger partial charge in [0.05, 0.1) is 5.92 Å². The molecule has 2 rings (SSSR count). The van der Waals surface area contributed by atoms with E-state index in [9.17, 15) is 14.7 Å². The first-order chi connectivity index (χ1) is 9.40. The molecule has 108 valence electrons. The van der Waals surface area contributed by atoms with E-state index >= 15 is 0 Å². The number of rotatable bonds is 3. The summed E-state index contributed by atoms with van der Waals surface area (Å²) in [4.78, 5) is 25.1. The van der Waals surface area contributed by atoms with Crippen LogP contribution in [0.5, 0.6) is 0 Å². The zero-order chi connectivity index (χ0) is 14.9. The molecule has 4 nitrogen and oxygen atoms in total. The van der Waals surface area contributed by atoms with Crippen molar-refractivity contribution in [3.63, 3.8) is 0 Å². The van der Waals surface area contributed by atoms with Crippen molar-refractivity contribution >= 4 is 23.5 Å². The largest absolute Gasteiger partial charge is 0.481 e. The summed E-state index contributed by atoms with van der Waals surface area (Å²) >= 11 is 5.86. The Bertz CT molecular complexity index is 512. The lowest BCUT2D eigenvalue weighted by Gasteiger charge is -2.18. The molecule has 0 aliphatic carbocycles. The molecule has 1 N–H and O–H groups in total. The second kappa shape index (κ2) is 5.83. The van der Waals surface area contributed by atoms with Crippen molar-refractivity contribution in [2.75, 3.05) is 13.1 Å². The Morgan fingerprint density at radius 3 is 2.35 bits per heavy atom. The summed E-state index contributed by atoms with van der Waals surface area (Å²) in [7, 11) is 0. The maximum Gasteiger partial charge on any atom is 0.308 e. The average Bonchev–Trinajstić information content (AvgIpc) is 2.83. The Balaban J connectivity index is 2.24. The Kier molecular flexibility index (Phi) is 4.33. The van der Waals surface area contributed by atoms with Gasteiger partial charge in [0.15, 0.2) is 0 Å². The predicted molar refractivity (Wildman–Crippen MR) is 76.7 cm³/mol. The summed E-state index contributed by atoms with van der Waals surface area (Å²) in [5.74, 6) is -1.70. The van der Waals surface area contributed by atoms with Crippen molar-refractivity contribution in [2.24, 2.45) is 11.8 Å². The van der Waals surface area contributed by atoms with Crippen LogP contribution in [0.15, 0.2) is 24.3 Å². The van der Waals surface area contributed by atoms with Crippen LogP contribution in [0.3, 0.4) is 0 Å². The molecule has 0 spiro atoms. The zero-order valence-corrected chi connectivity index (χ0v) is 12.3. The van der Waals surface area contributed by atoms with E-state index in [4.69, 9.17) is 11.6 Å². The monoisotopic (exact) mass is 295 g/mol. The third-order valence-corrected chi connectivity index (χ3v) is 3.99. The number of hydrogen-bond donors (Lipinski definition) is 1. The molecule has 20 heavy (non-hydrogen) atoms. The first-order valence-electron chi connectivity index (χ1n) is 6.67. The second-order valence-corrected chi connectivity index (χ2v) is 5.94. The fraction of sp³-hybridized carbons (Fsp3) is 0.467. The second-order valence-electron chi connectivity index (χ2n) is 5.50. The molecule has 0 bridgehead atoms. The molecule has 1 aliphatic rings. The van der Waals surface area contributed by atoms with E-state index in [0.29, 0.717) is 11.6 Å². The Morgan fingerprint density at radius 2 is 1.85 bits per heavy atom. The van der Waals surface area contributed by atoms with Gasteiger partial charge < -0.3 is 10.0 Å². The summed E-state index contributed by atoms with van der Waals surface area (Å²) < 4.78 is 0. The maximum atomic E-state index is 12.1. The van der Waals surface area contributed by atoms with Crippen LogP contribution in [0.4, 0.5) is 0 Å². The van der Waals surface area contributed by atoms with Crippen LogP contribution in [0.2, 0.25) is 5.02 Å². The van der Waals surface area contributed by atoms with E-state index in [-0.39, 0.29) is 24.3 Å². The lowest BCUT2D eigenvalue weighted by atomic mass is 9.89. The topological polar surface area (TPSA) is 57.6 Å². The van der Waals surface area contributed by atoms with Gasteiger partial charge in [-0.3, -0.25) is 9.59 Å². The molecule has 0 saturated carbocycles. The van der Waals surface area contributed by atoms with Crippen LogP contribution < -0.4 is 0 Å². The van der Waals surface area contributed by atoms with E-state index in [1.54, 1.807) is 17.0 Å². The fourth-order valence-corrected chi connectivity index (χ4v) is 2.77. The van der Waals surface area contributed by atoms with Crippen LogP contribution in [-0.4, -0.2) is 35.0 Å². The van der Waals surface area contributed by atoms with Crippen LogP contribution in [-0.2, 0) is 9.59 Å². The summed E-state index contributed by atoms with van der Waals surface area (Å²) in [6.45, 7) is 4.39. The molecule has 1 fully saturated rings. The van der Waals surface area contributed by atoms with Crippen molar-refractivity contribution in [3.8, 4) is 0 Å². The Hall–Kier alpha value is -1.55. The van der Waals surface area contributed by atoms with Gasteiger partial charge in [-0.15, -0.1) is 0 Å². The molecule has 2 atom stereocenters. The summed E-state index contributed by atoms with van der Waals surface area (Å²) in [5.41, 5.74) is 0.917. The van der Waals surface area contributed by atoms with Gasteiger partial charge in [0.2, 0.25) is 5.91 Å². The Morgan fingerprint density at radius 1 is 1.25 bits per heavy atom. The van der Waals surface area contributed by atoms with Crippen molar-refractivity contribution in [1.29, 1.82) is 0 Å². The quantitative estimate of drug-likeness (QED) is 0.932. The van der Waals surface area contributed by atoms with Crippen molar-refractivity contribution in [1.82, 2.24) is 4.90 Å². The van der Waals surface area contributed by atoms with E-state index in [2.05, 4.69) is 0 Å². The number of carboxylic acids is 1. The van der Waals surface area contributed by atoms with Gasteiger partial charge >= 0.3 is 5.97 Å². The highest BCUT2D eigenvalue weighted by Gasteiger charge is 2.40. The van der Waals surface area contributed by atoms with Crippen LogP contribution >= 0.6 is 11.6 Å². The fourth-order valence-electron chi connectivity index (χ4n) is 2.65. The smallest absolute Gasteiger partial charge is 0.308 e. The molecule has 1 aromatic rings. The van der Waals surface area contributed by atoms with Gasteiger partial charge in [-0.2, -0.15) is 0 Å². The normalized spacial score (nSPS) is 22.3. The van der Waals surface area contributed by atoms with Crippen LogP contribution in [0, 0.1) is 11.8 Å². The van der Waals surface area contributed by atoms with Gasteiger partial charge in [0.25, 0.3) is 0 Å². The highest BCUT2D eigenvalue weighted by molar-refractivity contribution is 6.30. The highest BCUT2D eigenvalue weighted by Crippen LogP contribution is 2.34. The average molecular weight is 296 g/mol. The molecule has 1 amide bonds. The first kappa shape index (κ1) is 14.9. The summed E-state index contributed by atoms with van der Waals surface area (Å²) in [6.07, 6.45) is 0. The standard InChI is InChI=1S/C15H18ClNO3/c1-9(2)14(18)17-7-12(13(8-17)15(19)20)10-3-5-11(16)6-4-10/h3-6,9,12-13H,7-8H2,1-2H3,(H,19,20)/t12-,13+/m0/s1. The number of carboxylic acid groups (broad SMARTS) is 1. The number of halogens is 1. The molecular formula is C15H18ClNO3. The summed E-state index contributed by atoms with van der Waals surface area (Å²) in [5, 5.41) is 9.99. The minimum absolute atomic E-state index is 0.00714. The lowest BCUT2D eigenvalue weighted by molar-refractivity contribution is -0.142. The van der Waals surface area contributed by atoms with Gasteiger partial charge in [-0.25, -0.2) is 0 Å². The molecular weight excluding hydrogens is 278 g/mol. The third kappa shape index (κ3) is 2.96. The number of amides is 1. The third-order valence-electron chi connectivity index (χ3n) is 3.74. The molecule has 0 radical (unpaired) electrons.